The van der Waals surface area contributed by atoms with Gasteiger partial charge in [0.25, 0.3) is 5.91 Å². The van der Waals surface area contributed by atoms with E-state index in [0.717, 1.165) is 23.5 Å². The maximum Gasteiger partial charge on any atom is 0.425 e. The number of thiazole rings is 1. The summed E-state index contributed by atoms with van der Waals surface area (Å²) in [7, 11) is 0. The number of benzene rings is 1. The van der Waals surface area contributed by atoms with Crippen molar-refractivity contribution in [3.63, 3.8) is 0 Å². The van der Waals surface area contributed by atoms with E-state index in [1.807, 2.05) is 5.32 Å². The van der Waals surface area contributed by atoms with E-state index in [2.05, 4.69) is 15.0 Å². The number of nitrogens with one attached hydrogen (secondary N) is 1. The van der Waals surface area contributed by atoms with E-state index in [9.17, 15) is 22.8 Å². The van der Waals surface area contributed by atoms with E-state index in [-0.39, 0.29) is 11.3 Å². The van der Waals surface area contributed by atoms with Gasteiger partial charge in [-0.05, 0) is 11.6 Å². The fourth-order valence-corrected chi connectivity index (χ4v) is 3.77. The quantitative estimate of drug-likeness (QED) is 0.657. The standard InChI is InChI=1S/C18H12F3N5O2S/c19-18(20,21)17(11-5-2-1-3-6-11)15(27)26(16(28)25-17)9-12-10-29-14(24-12)13-22-7-4-8-23-13/h1-8,10H,9H2,(H,25,28). The number of rotatable bonds is 4. The van der Waals surface area contributed by atoms with Crippen LogP contribution in [0.1, 0.15) is 11.3 Å². The number of carbonyl (C=O) groups excluding carboxylic acids is 2. The van der Waals surface area contributed by atoms with Gasteiger partial charge in [-0.3, -0.25) is 9.69 Å². The largest absolute Gasteiger partial charge is 0.425 e. The predicted molar refractivity (Wildman–Crippen MR) is 96.4 cm³/mol. The Kier molecular flexibility index (Phi) is 4.53. The van der Waals surface area contributed by atoms with Crippen molar-refractivity contribution in [2.45, 2.75) is 18.3 Å². The van der Waals surface area contributed by atoms with Crippen LogP contribution in [-0.2, 0) is 16.9 Å². The van der Waals surface area contributed by atoms with Crippen LogP contribution in [0.5, 0.6) is 0 Å². The van der Waals surface area contributed by atoms with Crippen molar-refractivity contribution in [3.05, 3.63) is 65.4 Å². The number of carbonyl (C=O) groups is 2. The molecule has 3 aromatic rings. The molecule has 1 atom stereocenters. The lowest BCUT2D eigenvalue weighted by atomic mass is 9.89. The molecule has 3 heterocycles. The number of halogens is 3. The molecule has 0 bridgehead atoms. The van der Waals surface area contributed by atoms with E-state index in [4.69, 9.17) is 0 Å². The zero-order chi connectivity index (χ0) is 20.6. The molecule has 0 aliphatic carbocycles. The van der Waals surface area contributed by atoms with Crippen molar-refractivity contribution in [1.29, 1.82) is 0 Å². The van der Waals surface area contributed by atoms with Crippen LogP contribution in [-0.4, -0.2) is 38.0 Å². The van der Waals surface area contributed by atoms with Gasteiger partial charge in [0.1, 0.15) is 0 Å². The molecule has 1 N–H and O–H groups in total. The fourth-order valence-electron chi connectivity index (χ4n) is 3.01. The maximum absolute atomic E-state index is 14.0. The summed E-state index contributed by atoms with van der Waals surface area (Å²) in [5.74, 6) is -1.05. The summed E-state index contributed by atoms with van der Waals surface area (Å²) in [5.41, 5.74) is -3.23. The highest BCUT2D eigenvalue weighted by molar-refractivity contribution is 7.13. The number of urea groups is 1. The first-order chi connectivity index (χ1) is 13.8. The number of hydrogen-bond donors (Lipinski definition) is 1. The van der Waals surface area contributed by atoms with Crippen molar-refractivity contribution in [3.8, 4) is 10.8 Å². The summed E-state index contributed by atoms with van der Waals surface area (Å²) < 4.78 is 41.9. The number of aromatic nitrogens is 3. The van der Waals surface area contributed by atoms with Crippen LogP contribution in [0.25, 0.3) is 10.8 Å². The van der Waals surface area contributed by atoms with Crippen LogP contribution < -0.4 is 5.32 Å². The smallest absolute Gasteiger partial charge is 0.312 e. The number of amides is 3. The summed E-state index contributed by atoms with van der Waals surface area (Å²) in [6.45, 7) is -0.404. The number of alkyl halides is 3. The minimum Gasteiger partial charge on any atom is -0.312 e. The van der Waals surface area contributed by atoms with Gasteiger partial charge in [-0.2, -0.15) is 13.2 Å². The lowest BCUT2D eigenvalue weighted by molar-refractivity contribution is -0.198. The van der Waals surface area contributed by atoms with Gasteiger partial charge in [-0.15, -0.1) is 11.3 Å². The van der Waals surface area contributed by atoms with Gasteiger partial charge in [0.15, 0.2) is 10.8 Å². The lowest BCUT2D eigenvalue weighted by Gasteiger charge is -2.29. The molecule has 3 amide bonds. The number of nitrogens with zero attached hydrogens (tertiary/aromatic N) is 4. The van der Waals surface area contributed by atoms with E-state index in [1.54, 1.807) is 11.4 Å². The van der Waals surface area contributed by atoms with Crippen molar-refractivity contribution in [2.75, 3.05) is 0 Å². The van der Waals surface area contributed by atoms with Gasteiger partial charge in [0, 0.05) is 17.8 Å². The Balaban J connectivity index is 1.66. The van der Waals surface area contributed by atoms with E-state index in [1.165, 1.54) is 30.6 Å². The molecule has 29 heavy (non-hydrogen) atoms. The topological polar surface area (TPSA) is 88.1 Å². The Morgan fingerprint density at radius 2 is 1.76 bits per heavy atom. The summed E-state index contributed by atoms with van der Waals surface area (Å²) >= 11 is 1.16. The summed E-state index contributed by atoms with van der Waals surface area (Å²) in [4.78, 5) is 38.0. The highest BCUT2D eigenvalue weighted by atomic mass is 32.1. The first-order valence-electron chi connectivity index (χ1n) is 8.31. The van der Waals surface area contributed by atoms with Crippen LogP contribution in [0.3, 0.4) is 0 Å². The first-order valence-corrected chi connectivity index (χ1v) is 9.19. The Labute approximate surface area is 166 Å². The molecule has 1 aliphatic rings. The van der Waals surface area contributed by atoms with Gasteiger partial charge < -0.3 is 5.32 Å². The van der Waals surface area contributed by atoms with Gasteiger partial charge in [-0.1, -0.05) is 30.3 Å². The van der Waals surface area contributed by atoms with Crippen LogP contribution >= 0.6 is 11.3 Å². The maximum atomic E-state index is 14.0. The SMILES string of the molecule is O=C1NC(c2ccccc2)(C(F)(F)F)C(=O)N1Cc1csc(-c2ncccn2)n1. The molecule has 1 aromatic carbocycles. The molecular weight excluding hydrogens is 407 g/mol. The molecule has 148 valence electrons. The zero-order valence-electron chi connectivity index (χ0n) is 14.6. The van der Waals surface area contributed by atoms with Gasteiger partial charge in [-0.25, -0.2) is 19.7 Å². The monoisotopic (exact) mass is 419 g/mol. The van der Waals surface area contributed by atoms with Crippen LogP contribution in [0.4, 0.5) is 18.0 Å². The van der Waals surface area contributed by atoms with Crippen LogP contribution in [0, 0.1) is 0 Å². The summed E-state index contributed by atoms with van der Waals surface area (Å²) in [6.07, 6.45) is -1.97. The molecule has 4 rings (SSSR count). The highest BCUT2D eigenvalue weighted by Crippen LogP contribution is 2.43. The van der Waals surface area contributed by atoms with Crippen molar-refractivity contribution < 1.29 is 22.8 Å². The highest BCUT2D eigenvalue weighted by Gasteiger charge is 2.68. The third-order valence-electron chi connectivity index (χ3n) is 4.37. The molecule has 1 saturated heterocycles. The van der Waals surface area contributed by atoms with Gasteiger partial charge in [0.2, 0.25) is 5.54 Å². The average molecular weight is 419 g/mol. The molecule has 1 unspecified atom stereocenters. The minimum atomic E-state index is -5.03. The van der Waals surface area contributed by atoms with E-state index >= 15 is 0 Å². The molecule has 11 heteroatoms. The van der Waals surface area contributed by atoms with E-state index < -0.39 is 30.2 Å². The van der Waals surface area contributed by atoms with Crippen molar-refractivity contribution >= 4 is 23.3 Å². The number of hydrogen-bond acceptors (Lipinski definition) is 6. The second-order valence-corrected chi connectivity index (χ2v) is 7.01. The molecule has 1 fully saturated rings. The Morgan fingerprint density at radius 3 is 2.41 bits per heavy atom. The molecule has 0 radical (unpaired) electrons. The molecular formula is C18H12F3N5O2S. The third kappa shape index (κ3) is 3.12. The number of imide groups is 1. The van der Waals surface area contributed by atoms with Crippen molar-refractivity contribution in [2.24, 2.45) is 0 Å². The normalized spacial score (nSPS) is 19.5. The molecule has 0 spiro atoms. The Morgan fingerprint density at radius 1 is 1.07 bits per heavy atom. The second kappa shape index (κ2) is 6.92. The Hall–Kier alpha value is -3.34. The average Bonchev–Trinajstić information content (AvgIpc) is 3.28. The van der Waals surface area contributed by atoms with Gasteiger partial charge in [0.05, 0.1) is 12.2 Å². The lowest BCUT2D eigenvalue weighted by Crippen LogP contribution is -2.55. The predicted octanol–water partition coefficient (Wildman–Crippen LogP) is 3.11. The minimum absolute atomic E-state index is 0.256. The molecule has 2 aromatic heterocycles. The summed E-state index contributed by atoms with van der Waals surface area (Å²) in [6, 6.07) is 7.07. The van der Waals surface area contributed by atoms with Gasteiger partial charge >= 0.3 is 12.2 Å². The molecule has 1 aliphatic heterocycles. The van der Waals surface area contributed by atoms with Crippen LogP contribution in [0.2, 0.25) is 0 Å². The fraction of sp³-hybridized carbons (Fsp3) is 0.167. The van der Waals surface area contributed by atoms with Crippen LogP contribution in [0.15, 0.2) is 54.2 Å². The van der Waals surface area contributed by atoms with Crippen molar-refractivity contribution in [1.82, 2.24) is 25.2 Å². The second-order valence-electron chi connectivity index (χ2n) is 6.15. The third-order valence-corrected chi connectivity index (χ3v) is 5.25. The molecule has 0 saturated carbocycles. The summed E-state index contributed by atoms with van der Waals surface area (Å²) in [5, 5.41) is 3.82. The Bertz CT molecular complexity index is 1060. The molecule has 7 nitrogen and oxygen atoms in total. The first kappa shape index (κ1) is 19.0. The zero-order valence-corrected chi connectivity index (χ0v) is 15.4. The van der Waals surface area contributed by atoms with E-state index in [0.29, 0.717) is 15.7 Å².